The van der Waals surface area contributed by atoms with Crippen LogP contribution in [0, 0.1) is 24.7 Å². The molecule has 0 bridgehead atoms. The van der Waals surface area contributed by atoms with Crippen LogP contribution in [0.4, 0.5) is 10.1 Å². The molecule has 0 aliphatic carbocycles. The van der Waals surface area contributed by atoms with Crippen LogP contribution in [0.5, 0.6) is 5.75 Å². The van der Waals surface area contributed by atoms with Gasteiger partial charge in [-0.1, -0.05) is 6.07 Å². The van der Waals surface area contributed by atoms with Gasteiger partial charge in [-0.3, -0.25) is 19.7 Å². The molecule has 44 heavy (non-hydrogen) atoms. The molecule has 5 rings (SSSR count). The van der Waals surface area contributed by atoms with Crippen LogP contribution in [0.25, 0.3) is 0 Å². The zero-order valence-electron chi connectivity index (χ0n) is 24.4. The number of nitrogens with zero attached hydrogens (tertiary/aromatic N) is 2. The van der Waals surface area contributed by atoms with Gasteiger partial charge in [-0.15, -0.1) is 18.2 Å². The van der Waals surface area contributed by atoms with E-state index in [-0.39, 0.29) is 42.8 Å². The monoisotopic (exact) mass is 621 g/mol. The van der Waals surface area contributed by atoms with Crippen LogP contribution < -0.4 is 34.2 Å². The molecule has 2 aromatic carbocycles. The summed E-state index contributed by atoms with van der Waals surface area (Å²) < 4.78 is 33.8. The van der Waals surface area contributed by atoms with Gasteiger partial charge in [-0.25, -0.2) is 4.39 Å². The van der Waals surface area contributed by atoms with Crippen LogP contribution in [-0.4, -0.2) is 70.8 Å². The van der Waals surface area contributed by atoms with Gasteiger partial charge in [0, 0.05) is 71.9 Å². The van der Waals surface area contributed by atoms with Gasteiger partial charge < -0.3 is 45.1 Å². The minimum atomic E-state index is -2.51. The van der Waals surface area contributed by atoms with Crippen molar-refractivity contribution in [2.24, 2.45) is 5.92 Å². The number of aromatic hydroxyl groups is 1. The van der Waals surface area contributed by atoms with Gasteiger partial charge in [0.05, 0.1) is 5.91 Å². The third kappa shape index (κ3) is 9.46. The normalized spacial score (nSPS) is 19.5. The number of carbonyl (C=O) groups excluding carboxylic acids is 4. The van der Waals surface area contributed by atoms with Gasteiger partial charge in [0.25, 0.3) is 5.91 Å². The van der Waals surface area contributed by atoms with E-state index in [0.29, 0.717) is 30.9 Å². The van der Waals surface area contributed by atoms with Crippen LogP contribution in [-0.2, 0) is 46.7 Å². The summed E-state index contributed by atoms with van der Waals surface area (Å²) in [4.78, 5) is 50.4. The average Bonchev–Trinajstić information content (AvgIpc) is 3.51. The quantitative estimate of drug-likeness (QED) is 0.114. The zero-order chi connectivity index (χ0) is 31.1. The van der Waals surface area contributed by atoms with Crippen molar-refractivity contribution in [3.05, 3.63) is 65.8 Å². The average molecular weight is 622 g/mol. The topological polar surface area (TPSA) is 165 Å². The van der Waals surface area contributed by atoms with Crippen molar-refractivity contribution in [1.82, 2.24) is 19.8 Å². The number of phenolic OH excluding ortho intramolecular Hbond substituents is 1. The molecule has 2 aromatic rings. The first-order chi connectivity index (χ1) is 20.5. The Morgan fingerprint density at radius 1 is 1.20 bits per heavy atom. The Bertz CT molecular complexity index is 1450. The van der Waals surface area contributed by atoms with Crippen LogP contribution >= 0.6 is 0 Å². The Morgan fingerprint density at radius 3 is 2.64 bits per heavy atom. The summed E-state index contributed by atoms with van der Waals surface area (Å²) in [5, 5.41) is 15.4. The van der Waals surface area contributed by atoms with Gasteiger partial charge in [0.1, 0.15) is 6.04 Å². The van der Waals surface area contributed by atoms with Crippen LogP contribution in [0.2, 0.25) is 0 Å². The number of benzene rings is 2. The third-order valence-corrected chi connectivity index (χ3v) is 8.01. The van der Waals surface area contributed by atoms with Crippen LogP contribution in [0.1, 0.15) is 47.2 Å². The largest absolute Gasteiger partial charge is 1.00 e. The van der Waals surface area contributed by atoms with Crippen LogP contribution in [0.15, 0.2) is 30.3 Å². The summed E-state index contributed by atoms with van der Waals surface area (Å²) in [7, 11) is -2.51. The predicted molar refractivity (Wildman–Crippen MR) is 153 cm³/mol. The number of hydrogen-bond acceptors (Lipinski definition) is 10. The number of nitrogens with one attached hydrogen (secondary N) is 3. The van der Waals surface area contributed by atoms with Gasteiger partial charge in [-0.05, 0) is 50.3 Å². The molecule has 0 saturated carbocycles. The number of hydrogen-bond donors (Lipinski definition) is 4. The molecule has 2 fully saturated rings. The first kappa shape index (κ1) is 34.9. The number of imide groups is 1. The van der Waals surface area contributed by atoms with Gasteiger partial charge >= 0.3 is 18.9 Å². The molecule has 3 aliphatic rings. The van der Waals surface area contributed by atoms with E-state index in [9.17, 15) is 37.1 Å². The SMILES string of the molecule is O=C1CCC(N2Cc3c(NCC[C@@H]4CCN(CCc5cc(O)[c-]c(F)c5)C4)cccc3C2=O)C(=O)N1.[CH2-]C(=O)N[S-](=O)=O.[Li+]. The van der Waals surface area contributed by atoms with Crippen molar-refractivity contribution in [2.75, 3.05) is 31.5 Å². The molecule has 15 heteroatoms. The number of piperidine rings is 1. The number of amides is 4. The number of rotatable bonds is 9. The van der Waals surface area contributed by atoms with E-state index in [1.165, 1.54) is 10.8 Å². The van der Waals surface area contributed by atoms with Crippen molar-refractivity contribution < 1.29 is 56.0 Å². The van der Waals surface area contributed by atoms with Gasteiger partial charge in [-0.2, -0.15) is 5.56 Å². The zero-order valence-corrected chi connectivity index (χ0v) is 25.2. The Morgan fingerprint density at radius 2 is 1.98 bits per heavy atom. The summed E-state index contributed by atoms with van der Waals surface area (Å²) in [6.45, 7) is 6.65. The van der Waals surface area contributed by atoms with Gasteiger partial charge in [0.15, 0.2) is 0 Å². The van der Waals surface area contributed by atoms with Crippen molar-refractivity contribution in [2.45, 2.75) is 44.7 Å². The summed E-state index contributed by atoms with van der Waals surface area (Å²) in [6.07, 6.45) is 3.35. The van der Waals surface area contributed by atoms with E-state index in [4.69, 9.17) is 0 Å². The summed E-state index contributed by atoms with van der Waals surface area (Å²) in [5.41, 5.74) is 3.19. The number of phenols is 1. The predicted octanol–water partition coefficient (Wildman–Crippen LogP) is -1.38. The van der Waals surface area contributed by atoms with E-state index in [2.05, 4.69) is 28.5 Å². The van der Waals surface area contributed by atoms with E-state index in [1.807, 2.05) is 12.1 Å². The fraction of sp³-hybridized carbons (Fsp3) is 0.414. The molecule has 12 nitrogen and oxygen atoms in total. The summed E-state index contributed by atoms with van der Waals surface area (Å²) >= 11 is 0. The molecule has 2 saturated heterocycles. The standard InChI is InChI=1S/C27H30FN4O4.C2H3NO3S.Li/c28-19-12-18(13-20(33)14-19)8-11-31-10-7-17(15-31)6-9-29-23-3-1-2-21-22(23)16-32(27(21)36)24-4-5-25(34)30-26(24)35;1-2(4)3-7(5)6;/h1-3,12-13,17,24,29,33H,4-11,15-16H2,(H,30,34,35);1H2,(H,3,4,5,6);/q-1;-2;+1/t17-,24?;;/m1../s1. The van der Waals surface area contributed by atoms with Crippen molar-refractivity contribution in [1.29, 1.82) is 0 Å². The molecule has 0 spiro atoms. The fourth-order valence-electron chi connectivity index (χ4n) is 5.61. The number of fused-ring (bicyclic) bond motifs is 1. The molecule has 3 heterocycles. The second-order valence-corrected chi connectivity index (χ2v) is 11.3. The minimum absolute atomic E-state index is 0. The maximum atomic E-state index is 13.4. The first-order valence-electron chi connectivity index (χ1n) is 13.9. The molecule has 3 aliphatic heterocycles. The summed E-state index contributed by atoms with van der Waals surface area (Å²) in [6, 6.07) is 10.2. The Labute approximate surface area is 269 Å². The minimum Gasteiger partial charge on any atom is -0.534 e. The van der Waals surface area contributed by atoms with Crippen LogP contribution in [0.3, 0.4) is 0 Å². The second-order valence-electron chi connectivity index (χ2n) is 10.6. The molecule has 4 N–H and O–H groups in total. The Kier molecular flexibility index (Phi) is 12.7. The number of likely N-dealkylation sites (tertiary alicyclic amines) is 1. The van der Waals surface area contributed by atoms with Crippen molar-refractivity contribution in [3.8, 4) is 5.75 Å². The van der Waals surface area contributed by atoms with E-state index < -0.39 is 34.6 Å². The molecular weight excluding hydrogens is 588 g/mol. The maximum absolute atomic E-state index is 13.4. The number of anilines is 1. The molecule has 4 amide bonds. The van der Waals surface area contributed by atoms with Crippen molar-refractivity contribution in [3.63, 3.8) is 0 Å². The number of carbonyl (C=O) groups is 4. The fourth-order valence-corrected chi connectivity index (χ4v) is 5.80. The second kappa shape index (κ2) is 15.9. The van der Waals surface area contributed by atoms with Crippen molar-refractivity contribution >= 4 is 40.2 Å². The Hall–Kier alpha value is -3.57. The molecular formula is C29H33FLiN5O7S-2. The maximum Gasteiger partial charge on any atom is 1.00 e. The smallest absolute Gasteiger partial charge is 0.534 e. The van der Waals surface area contributed by atoms with E-state index in [1.54, 1.807) is 17.0 Å². The molecule has 232 valence electrons. The first-order valence-corrected chi connectivity index (χ1v) is 14.9. The van der Waals surface area contributed by atoms with Gasteiger partial charge in [0.2, 0.25) is 11.8 Å². The molecule has 1 unspecified atom stereocenters. The molecule has 2 atom stereocenters. The van der Waals surface area contributed by atoms with E-state index >= 15 is 0 Å². The molecule has 0 radical (unpaired) electrons. The van der Waals surface area contributed by atoms with E-state index in [0.717, 1.165) is 55.8 Å². The summed E-state index contributed by atoms with van der Waals surface area (Å²) in [5.74, 6) is -1.84. The third-order valence-electron chi connectivity index (χ3n) is 7.62. The molecule has 0 aromatic heterocycles. The Balaban J connectivity index is 0.000000594. The number of halogens is 1.